The summed E-state index contributed by atoms with van der Waals surface area (Å²) in [6.07, 6.45) is 2.59. The van der Waals surface area contributed by atoms with Crippen LogP contribution in [0.5, 0.6) is 17.2 Å². The van der Waals surface area contributed by atoms with Crippen molar-refractivity contribution in [1.82, 2.24) is 15.0 Å². The van der Waals surface area contributed by atoms with Gasteiger partial charge < -0.3 is 29.3 Å². The van der Waals surface area contributed by atoms with E-state index in [-0.39, 0.29) is 0 Å². The minimum atomic E-state index is -0.933. The van der Waals surface area contributed by atoms with Crippen molar-refractivity contribution in [1.29, 1.82) is 0 Å². The number of para-hydroxylation sites is 1. The third kappa shape index (κ3) is 2.95. The van der Waals surface area contributed by atoms with E-state index in [2.05, 4.69) is 15.0 Å². The summed E-state index contributed by atoms with van der Waals surface area (Å²) in [4.78, 5) is 10.9. The van der Waals surface area contributed by atoms with Crippen LogP contribution in [0.1, 0.15) is 17.4 Å². The zero-order valence-electron chi connectivity index (χ0n) is 15.8. The molecule has 0 spiro atoms. The van der Waals surface area contributed by atoms with Crippen molar-refractivity contribution in [3.8, 4) is 28.6 Å². The first kappa shape index (κ1) is 17.9. The molecular formula is C21H21N3O4. The van der Waals surface area contributed by atoms with Crippen molar-refractivity contribution >= 4 is 10.9 Å². The number of methoxy groups -OCH3 is 3. The number of benzene rings is 2. The lowest BCUT2D eigenvalue weighted by molar-refractivity contribution is 0.214. The molecule has 4 aromatic rings. The third-order valence-corrected chi connectivity index (χ3v) is 4.74. The van der Waals surface area contributed by atoms with Gasteiger partial charge in [0, 0.05) is 17.1 Å². The molecule has 7 nitrogen and oxygen atoms in total. The molecule has 1 unspecified atom stereocenters. The Balaban J connectivity index is 1.72. The Morgan fingerprint density at radius 2 is 1.75 bits per heavy atom. The topological polar surface area (TPSA) is 92.4 Å². The second-order valence-electron chi connectivity index (χ2n) is 6.30. The van der Waals surface area contributed by atoms with Gasteiger partial charge in [0.1, 0.15) is 11.9 Å². The number of aromatic amines is 2. The molecule has 1 atom stereocenters. The monoisotopic (exact) mass is 379 g/mol. The summed E-state index contributed by atoms with van der Waals surface area (Å²) in [5.41, 5.74) is 3.09. The van der Waals surface area contributed by atoms with Crippen LogP contribution in [0.3, 0.4) is 0 Å². The van der Waals surface area contributed by atoms with Gasteiger partial charge in [-0.25, -0.2) is 4.98 Å². The quantitative estimate of drug-likeness (QED) is 0.475. The second-order valence-corrected chi connectivity index (χ2v) is 6.30. The number of aliphatic hydroxyl groups excluding tert-OH is 1. The number of imidazole rings is 1. The summed E-state index contributed by atoms with van der Waals surface area (Å²) in [7, 11) is 4.62. The highest BCUT2D eigenvalue weighted by Gasteiger charge is 2.20. The largest absolute Gasteiger partial charge is 0.493 e. The van der Waals surface area contributed by atoms with Gasteiger partial charge in [-0.05, 0) is 29.8 Å². The summed E-state index contributed by atoms with van der Waals surface area (Å²) in [5.74, 6) is 2.11. The molecule has 2 aromatic carbocycles. The number of rotatable bonds is 6. The van der Waals surface area contributed by atoms with E-state index < -0.39 is 6.10 Å². The van der Waals surface area contributed by atoms with E-state index in [1.54, 1.807) is 39.7 Å². The van der Waals surface area contributed by atoms with Gasteiger partial charge in [-0.2, -0.15) is 0 Å². The van der Waals surface area contributed by atoms with Crippen molar-refractivity contribution in [2.24, 2.45) is 0 Å². The standard InChI is InChI=1S/C21H21N3O4/c1-26-16-9-13(10-17(27-2)20(16)28-3)19(25)15-11-23-21(24-15)14-6-4-5-12-7-8-22-18(12)14/h4-11,19,22,25H,1-3H3,(H,23,24). The van der Waals surface area contributed by atoms with E-state index >= 15 is 0 Å². The average molecular weight is 379 g/mol. The Labute approximate surface area is 161 Å². The normalized spacial score (nSPS) is 12.1. The summed E-state index contributed by atoms with van der Waals surface area (Å²) in [6.45, 7) is 0. The van der Waals surface area contributed by atoms with E-state index in [0.717, 1.165) is 16.5 Å². The van der Waals surface area contributed by atoms with E-state index in [1.165, 1.54) is 0 Å². The number of nitrogens with one attached hydrogen (secondary N) is 2. The molecule has 0 saturated carbocycles. The Morgan fingerprint density at radius 1 is 1.00 bits per heavy atom. The van der Waals surface area contributed by atoms with Gasteiger partial charge in [0.25, 0.3) is 0 Å². The lowest BCUT2D eigenvalue weighted by Crippen LogP contribution is -2.03. The number of nitrogens with zero attached hydrogens (tertiary/aromatic N) is 1. The first-order valence-corrected chi connectivity index (χ1v) is 8.75. The van der Waals surface area contributed by atoms with Gasteiger partial charge >= 0.3 is 0 Å². The molecule has 2 aromatic heterocycles. The lowest BCUT2D eigenvalue weighted by Gasteiger charge is -2.16. The Hall–Kier alpha value is -3.45. The van der Waals surface area contributed by atoms with E-state index in [4.69, 9.17) is 14.2 Å². The maximum Gasteiger partial charge on any atom is 0.203 e. The van der Waals surface area contributed by atoms with Crippen molar-refractivity contribution in [2.45, 2.75) is 6.10 Å². The smallest absolute Gasteiger partial charge is 0.203 e. The maximum absolute atomic E-state index is 10.9. The number of hydrogen-bond acceptors (Lipinski definition) is 5. The maximum atomic E-state index is 10.9. The molecule has 0 aliphatic rings. The number of hydrogen-bond donors (Lipinski definition) is 3. The molecule has 144 valence electrons. The van der Waals surface area contributed by atoms with Gasteiger partial charge in [0.2, 0.25) is 5.75 Å². The number of aromatic nitrogens is 3. The molecule has 0 saturated heterocycles. The molecular weight excluding hydrogens is 358 g/mol. The molecule has 0 amide bonds. The highest BCUT2D eigenvalue weighted by atomic mass is 16.5. The van der Waals surface area contributed by atoms with Crippen LogP contribution in [0.15, 0.2) is 48.8 Å². The van der Waals surface area contributed by atoms with Crippen molar-refractivity contribution in [2.75, 3.05) is 21.3 Å². The van der Waals surface area contributed by atoms with Gasteiger partial charge in [-0.15, -0.1) is 0 Å². The Kier molecular flexibility index (Phi) is 4.67. The minimum Gasteiger partial charge on any atom is -0.493 e. The summed E-state index contributed by atoms with van der Waals surface area (Å²) >= 11 is 0. The van der Waals surface area contributed by atoms with Crippen LogP contribution in [0, 0.1) is 0 Å². The fourth-order valence-electron chi connectivity index (χ4n) is 3.33. The number of ether oxygens (including phenoxy) is 3. The fourth-order valence-corrected chi connectivity index (χ4v) is 3.33. The van der Waals surface area contributed by atoms with E-state index in [0.29, 0.717) is 34.3 Å². The first-order chi connectivity index (χ1) is 13.7. The van der Waals surface area contributed by atoms with Crippen molar-refractivity contribution in [3.05, 3.63) is 60.0 Å². The molecule has 0 aliphatic carbocycles. The number of fused-ring (bicyclic) bond motifs is 1. The molecule has 4 rings (SSSR count). The van der Waals surface area contributed by atoms with Gasteiger partial charge in [0.05, 0.1) is 38.7 Å². The molecule has 7 heteroatoms. The van der Waals surface area contributed by atoms with Crippen LogP contribution < -0.4 is 14.2 Å². The minimum absolute atomic E-state index is 0.477. The van der Waals surface area contributed by atoms with Crippen LogP contribution >= 0.6 is 0 Å². The highest BCUT2D eigenvalue weighted by molar-refractivity contribution is 5.92. The average Bonchev–Trinajstić information content (AvgIpc) is 3.41. The molecule has 0 aliphatic heterocycles. The lowest BCUT2D eigenvalue weighted by atomic mass is 10.1. The second kappa shape index (κ2) is 7.28. The van der Waals surface area contributed by atoms with Crippen LogP contribution in [-0.4, -0.2) is 41.4 Å². The molecule has 0 fully saturated rings. The predicted octanol–water partition coefficient (Wildman–Crippen LogP) is 3.67. The van der Waals surface area contributed by atoms with Crippen molar-refractivity contribution < 1.29 is 19.3 Å². The van der Waals surface area contributed by atoms with Gasteiger partial charge in [-0.3, -0.25) is 0 Å². The van der Waals surface area contributed by atoms with Crippen molar-refractivity contribution in [3.63, 3.8) is 0 Å². The Morgan fingerprint density at radius 3 is 2.43 bits per heavy atom. The molecule has 0 radical (unpaired) electrons. The summed E-state index contributed by atoms with van der Waals surface area (Å²) in [5, 5.41) is 12.0. The summed E-state index contributed by atoms with van der Waals surface area (Å²) < 4.78 is 16.1. The first-order valence-electron chi connectivity index (χ1n) is 8.75. The Bertz CT molecular complexity index is 1090. The van der Waals surface area contributed by atoms with Crippen LogP contribution in [0.4, 0.5) is 0 Å². The van der Waals surface area contributed by atoms with Crippen LogP contribution in [0.2, 0.25) is 0 Å². The predicted molar refractivity (Wildman–Crippen MR) is 106 cm³/mol. The van der Waals surface area contributed by atoms with E-state index in [9.17, 15) is 5.11 Å². The number of H-pyrrole nitrogens is 2. The zero-order valence-corrected chi connectivity index (χ0v) is 15.8. The molecule has 2 heterocycles. The SMILES string of the molecule is COc1cc(C(O)c2cnc(-c3cccc4cc[nH]c34)[nH]2)cc(OC)c1OC. The van der Waals surface area contributed by atoms with Crippen LogP contribution in [-0.2, 0) is 0 Å². The zero-order chi connectivity index (χ0) is 19.7. The molecule has 0 bridgehead atoms. The fraction of sp³-hybridized carbons (Fsp3) is 0.190. The molecule has 3 N–H and O–H groups in total. The van der Waals surface area contributed by atoms with Gasteiger partial charge in [-0.1, -0.05) is 12.1 Å². The third-order valence-electron chi connectivity index (χ3n) is 4.74. The van der Waals surface area contributed by atoms with Gasteiger partial charge in [0.15, 0.2) is 11.5 Å². The van der Waals surface area contributed by atoms with Crippen LogP contribution in [0.25, 0.3) is 22.3 Å². The number of aliphatic hydroxyl groups is 1. The molecule has 28 heavy (non-hydrogen) atoms. The highest BCUT2D eigenvalue weighted by Crippen LogP contribution is 2.40. The van der Waals surface area contributed by atoms with E-state index in [1.807, 2.05) is 30.5 Å². The summed E-state index contributed by atoms with van der Waals surface area (Å²) in [6, 6.07) is 11.4.